The summed E-state index contributed by atoms with van der Waals surface area (Å²) >= 11 is 6.24. The average Bonchev–Trinajstić information content (AvgIpc) is 3.36. The second-order valence-corrected chi connectivity index (χ2v) is 6.90. The lowest BCUT2D eigenvalue weighted by Gasteiger charge is -2.34. The van der Waals surface area contributed by atoms with Gasteiger partial charge in [-0.1, -0.05) is 29.8 Å². The van der Waals surface area contributed by atoms with Crippen molar-refractivity contribution < 1.29 is 19.4 Å². The van der Waals surface area contributed by atoms with Gasteiger partial charge in [0, 0.05) is 36.7 Å². The summed E-state index contributed by atoms with van der Waals surface area (Å²) in [7, 11) is 0. The van der Waals surface area contributed by atoms with Gasteiger partial charge in [-0.2, -0.15) is 0 Å². The fourth-order valence-electron chi connectivity index (χ4n) is 3.49. The van der Waals surface area contributed by atoms with Gasteiger partial charge in [-0.05, 0) is 36.8 Å². The summed E-state index contributed by atoms with van der Waals surface area (Å²) in [5, 5.41) is 9.68. The molecule has 1 heterocycles. The fraction of sp³-hybridized carbons (Fsp3) is 0.556. The number of carboxylic acids is 1. The van der Waals surface area contributed by atoms with Crippen molar-refractivity contribution >= 4 is 23.5 Å². The summed E-state index contributed by atoms with van der Waals surface area (Å²) in [5.74, 6) is -0.744. The molecule has 2 aliphatic rings. The van der Waals surface area contributed by atoms with Crippen LogP contribution in [0, 0.1) is 5.92 Å². The summed E-state index contributed by atoms with van der Waals surface area (Å²) in [5.41, 5.74) is 1.02. The van der Waals surface area contributed by atoms with Crippen molar-refractivity contribution in [1.82, 2.24) is 4.90 Å². The molecule has 5 nitrogen and oxygen atoms in total. The van der Waals surface area contributed by atoms with Crippen molar-refractivity contribution in [2.75, 3.05) is 19.8 Å². The van der Waals surface area contributed by atoms with E-state index in [-0.39, 0.29) is 36.8 Å². The van der Waals surface area contributed by atoms with Gasteiger partial charge in [-0.3, -0.25) is 9.59 Å². The van der Waals surface area contributed by atoms with E-state index in [4.69, 9.17) is 21.4 Å². The van der Waals surface area contributed by atoms with Crippen LogP contribution in [0.1, 0.15) is 37.2 Å². The standard InChI is InChI=1S/C18H22ClNO4/c19-16-4-2-1-3-13(16)14-11-15(14)18(23)20(8-5-17(21)22)12-6-9-24-10-7-12/h1-4,12,14-15H,5-11H2,(H,21,22)/t14-,15+/m1/s1. The molecule has 6 heteroatoms. The van der Waals surface area contributed by atoms with Crippen LogP contribution in [0.2, 0.25) is 5.02 Å². The largest absolute Gasteiger partial charge is 0.481 e. The quantitative estimate of drug-likeness (QED) is 0.855. The van der Waals surface area contributed by atoms with E-state index in [2.05, 4.69) is 0 Å². The number of benzene rings is 1. The van der Waals surface area contributed by atoms with Crippen LogP contribution < -0.4 is 0 Å². The van der Waals surface area contributed by atoms with E-state index in [9.17, 15) is 9.59 Å². The molecule has 1 N–H and O–H groups in total. The van der Waals surface area contributed by atoms with E-state index in [1.165, 1.54) is 0 Å². The van der Waals surface area contributed by atoms with Crippen molar-refractivity contribution in [2.45, 2.75) is 37.6 Å². The minimum atomic E-state index is -0.877. The molecule has 0 radical (unpaired) electrons. The van der Waals surface area contributed by atoms with Crippen LogP contribution in [0.3, 0.4) is 0 Å². The van der Waals surface area contributed by atoms with Crippen LogP contribution in [0.5, 0.6) is 0 Å². The first-order valence-electron chi connectivity index (χ1n) is 8.42. The summed E-state index contributed by atoms with van der Waals surface area (Å²) in [6.45, 7) is 1.52. The van der Waals surface area contributed by atoms with Gasteiger partial charge in [0.2, 0.25) is 5.91 Å². The van der Waals surface area contributed by atoms with Gasteiger partial charge in [0.05, 0.1) is 6.42 Å². The molecule has 24 heavy (non-hydrogen) atoms. The Kier molecular flexibility index (Phi) is 5.41. The molecule has 2 atom stereocenters. The highest BCUT2D eigenvalue weighted by atomic mass is 35.5. The lowest BCUT2D eigenvalue weighted by molar-refractivity contribution is -0.141. The zero-order chi connectivity index (χ0) is 17.1. The lowest BCUT2D eigenvalue weighted by atomic mass is 10.0. The van der Waals surface area contributed by atoms with E-state index < -0.39 is 5.97 Å². The van der Waals surface area contributed by atoms with Crippen LogP contribution >= 0.6 is 11.6 Å². The molecule has 1 aromatic carbocycles. The monoisotopic (exact) mass is 351 g/mol. The molecule has 1 amide bonds. The predicted molar refractivity (Wildman–Crippen MR) is 90.1 cm³/mol. The number of carboxylic acid groups (broad SMARTS) is 1. The van der Waals surface area contributed by atoms with Crippen molar-refractivity contribution in [3.8, 4) is 0 Å². The summed E-state index contributed by atoms with van der Waals surface area (Å²) in [4.78, 5) is 25.7. The third-order valence-corrected chi connectivity index (χ3v) is 5.24. The number of ether oxygens (including phenoxy) is 1. The Balaban J connectivity index is 1.69. The second-order valence-electron chi connectivity index (χ2n) is 6.49. The van der Waals surface area contributed by atoms with Crippen LogP contribution in [0.15, 0.2) is 24.3 Å². The maximum atomic E-state index is 13.0. The molecular formula is C18H22ClNO4. The first kappa shape index (κ1) is 17.2. The van der Waals surface area contributed by atoms with E-state index in [1.54, 1.807) is 4.90 Å². The molecule has 0 bridgehead atoms. The maximum Gasteiger partial charge on any atom is 0.305 e. The molecule has 1 aliphatic carbocycles. The van der Waals surface area contributed by atoms with Crippen molar-refractivity contribution in [1.29, 1.82) is 0 Å². The molecule has 1 saturated heterocycles. The van der Waals surface area contributed by atoms with Gasteiger partial charge in [0.1, 0.15) is 0 Å². The SMILES string of the molecule is O=C(O)CCN(C(=O)[C@H]1C[C@@H]1c1ccccc1Cl)C1CCOCC1. The zero-order valence-corrected chi connectivity index (χ0v) is 14.2. The van der Waals surface area contributed by atoms with Crippen molar-refractivity contribution in [3.63, 3.8) is 0 Å². The van der Waals surface area contributed by atoms with E-state index in [1.807, 2.05) is 24.3 Å². The Morgan fingerprint density at radius 1 is 1.25 bits per heavy atom. The number of rotatable bonds is 6. The number of amides is 1. The molecule has 1 aromatic rings. The molecule has 0 aromatic heterocycles. The minimum absolute atomic E-state index is 0.0213. The first-order chi connectivity index (χ1) is 11.6. The molecule has 1 saturated carbocycles. The summed E-state index contributed by atoms with van der Waals surface area (Å²) in [6.07, 6.45) is 2.31. The van der Waals surface area contributed by atoms with Gasteiger partial charge < -0.3 is 14.7 Å². The Morgan fingerprint density at radius 2 is 1.96 bits per heavy atom. The predicted octanol–water partition coefficient (Wildman–Crippen LogP) is 2.93. The zero-order valence-electron chi connectivity index (χ0n) is 13.5. The van der Waals surface area contributed by atoms with Crippen LogP contribution in [0.4, 0.5) is 0 Å². The third kappa shape index (κ3) is 3.90. The number of halogens is 1. The van der Waals surface area contributed by atoms with Gasteiger partial charge in [-0.15, -0.1) is 0 Å². The number of hydrogen-bond acceptors (Lipinski definition) is 3. The fourth-order valence-corrected chi connectivity index (χ4v) is 3.76. The van der Waals surface area contributed by atoms with E-state index >= 15 is 0 Å². The van der Waals surface area contributed by atoms with Crippen LogP contribution in [-0.4, -0.2) is 47.7 Å². The summed E-state index contributed by atoms with van der Waals surface area (Å²) < 4.78 is 5.37. The van der Waals surface area contributed by atoms with Gasteiger partial charge in [-0.25, -0.2) is 0 Å². The highest BCUT2D eigenvalue weighted by Crippen LogP contribution is 2.50. The second kappa shape index (κ2) is 7.53. The molecule has 2 fully saturated rings. The van der Waals surface area contributed by atoms with Crippen molar-refractivity contribution in [2.24, 2.45) is 5.92 Å². The topological polar surface area (TPSA) is 66.8 Å². The molecule has 0 spiro atoms. The minimum Gasteiger partial charge on any atom is -0.481 e. The van der Waals surface area contributed by atoms with Crippen LogP contribution in [-0.2, 0) is 14.3 Å². The van der Waals surface area contributed by atoms with Crippen LogP contribution in [0.25, 0.3) is 0 Å². The molecule has 1 aliphatic heterocycles. The lowest BCUT2D eigenvalue weighted by Crippen LogP contribution is -2.45. The molecular weight excluding hydrogens is 330 g/mol. The van der Waals surface area contributed by atoms with E-state index in [0.29, 0.717) is 18.2 Å². The third-order valence-electron chi connectivity index (χ3n) is 4.89. The van der Waals surface area contributed by atoms with Gasteiger partial charge in [0.15, 0.2) is 0 Å². The Morgan fingerprint density at radius 3 is 2.62 bits per heavy atom. The van der Waals surface area contributed by atoms with E-state index in [0.717, 1.165) is 24.8 Å². The number of carbonyl (C=O) groups excluding carboxylic acids is 1. The number of nitrogens with zero attached hydrogens (tertiary/aromatic N) is 1. The van der Waals surface area contributed by atoms with Crippen molar-refractivity contribution in [3.05, 3.63) is 34.9 Å². The number of carbonyl (C=O) groups is 2. The highest BCUT2D eigenvalue weighted by Gasteiger charge is 2.47. The Labute approximate surface area is 146 Å². The molecule has 0 unspecified atom stereocenters. The molecule has 130 valence electrons. The Hall–Kier alpha value is -1.59. The Bertz CT molecular complexity index is 615. The van der Waals surface area contributed by atoms with Gasteiger partial charge >= 0.3 is 5.97 Å². The first-order valence-corrected chi connectivity index (χ1v) is 8.80. The number of aliphatic carboxylic acids is 1. The maximum absolute atomic E-state index is 13.0. The smallest absolute Gasteiger partial charge is 0.305 e. The van der Waals surface area contributed by atoms with Gasteiger partial charge in [0.25, 0.3) is 0 Å². The summed E-state index contributed by atoms with van der Waals surface area (Å²) in [6, 6.07) is 7.71. The number of hydrogen-bond donors (Lipinski definition) is 1. The molecule has 3 rings (SSSR count). The highest BCUT2D eigenvalue weighted by molar-refractivity contribution is 6.31. The normalized spacial score (nSPS) is 23.7. The average molecular weight is 352 g/mol.